The number of aliphatic hydroxyl groups excluding tert-OH is 1. The Balaban J connectivity index is 2.52. The van der Waals surface area contributed by atoms with E-state index >= 15 is 0 Å². The molecule has 1 N–H and O–H groups in total. The minimum Gasteiger partial charge on any atom is -0.384 e. The molecule has 4 heteroatoms. The van der Waals surface area contributed by atoms with Crippen molar-refractivity contribution in [1.29, 1.82) is 0 Å². The number of rotatable bonds is 1. The molecule has 1 rings (SSSR count). The number of aliphatic hydroxyl groups is 1. The summed E-state index contributed by atoms with van der Waals surface area (Å²) in [7, 11) is 0. The van der Waals surface area contributed by atoms with Crippen molar-refractivity contribution in [3.05, 3.63) is 0 Å². The van der Waals surface area contributed by atoms with E-state index < -0.39 is 6.10 Å². The highest BCUT2D eigenvalue weighted by molar-refractivity contribution is 5.80. The lowest BCUT2D eigenvalue weighted by Crippen LogP contribution is -2.41. The van der Waals surface area contributed by atoms with Gasteiger partial charge < -0.3 is 14.7 Å². The van der Waals surface area contributed by atoms with Crippen LogP contribution in [0.5, 0.6) is 0 Å². The van der Waals surface area contributed by atoms with Gasteiger partial charge in [-0.1, -0.05) is 0 Å². The zero-order chi connectivity index (χ0) is 9.84. The number of nitrogens with zero attached hydrogens (tertiary/aromatic N) is 1. The molecule has 1 fully saturated rings. The van der Waals surface area contributed by atoms with E-state index in [1.807, 2.05) is 6.92 Å². The van der Waals surface area contributed by atoms with Crippen molar-refractivity contribution in [2.75, 3.05) is 19.7 Å². The third-order valence-corrected chi connectivity index (χ3v) is 2.12. The van der Waals surface area contributed by atoms with Gasteiger partial charge in [0.1, 0.15) is 6.10 Å². The van der Waals surface area contributed by atoms with Gasteiger partial charge in [-0.2, -0.15) is 0 Å². The standard InChI is InChI=1S/C9H17NO3/c1-7-6-10(4-3-5-13-7)9(12)8(2)11/h7-8,11H,3-6H2,1-2H3/t7?,8-/m0/s1. The van der Waals surface area contributed by atoms with Crippen LogP contribution in [0.15, 0.2) is 0 Å². The van der Waals surface area contributed by atoms with Gasteiger partial charge in [-0.3, -0.25) is 4.79 Å². The van der Waals surface area contributed by atoms with Gasteiger partial charge in [-0.05, 0) is 20.3 Å². The number of ether oxygens (including phenoxy) is 1. The van der Waals surface area contributed by atoms with Crippen molar-refractivity contribution >= 4 is 5.91 Å². The quantitative estimate of drug-likeness (QED) is 0.629. The molecule has 1 heterocycles. The van der Waals surface area contributed by atoms with E-state index in [1.54, 1.807) is 4.90 Å². The molecular formula is C9H17NO3. The maximum atomic E-state index is 11.4. The Bertz CT molecular complexity index is 182. The van der Waals surface area contributed by atoms with Crippen molar-refractivity contribution < 1.29 is 14.6 Å². The summed E-state index contributed by atoms with van der Waals surface area (Å²) in [5.41, 5.74) is 0. The Labute approximate surface area is 78.5 Å². The van der Waals surface area contributed by atoms with Crippen LogP contribution >= 0.6 is 0 Å². The number of amides is 1. The number of carbonyl (C=O) groups is 1. The van der Waals surface area contributed by atoms with Crippen molar-refractivity contribution in [2.24, 2.45) is 0 Å². The molecular weight excluding hydrogens is 170 g/mol. The van der Waals surface area contributed by atoms with E-state index in [0.29, 0.717) is 19.7 Å². The summed E-state index contributed by atoms with van der Waals surface area (Å²) in [4.78, 5) is 13.1. The predicted molar refractivity (Wildman–Crippen MR) is 48.3 cm³/mol. The topological polar surface area (TPSA) is 49.8 Å². The second kappa shape index (κ2) is 4.58. The van der Waals surface area contributed by atoms with Crippen LogP contribution in [0, 0.1) is 0 Å². The molecule has 1 aliphatic rings. The second-order valence-corrected chi connectivity index (χ2v) is 3.50. The van der Waals surface area contributed by atoms with E-state index in [4.69, 9.17) is 9.84 Å². The SMILES string of the molecule is CC1CN(C(=O)[C@H](C)O)CCCO1. The van der Waals surface area contributed by atoms with E-state index in [9.17, 15) is 4.79 Å². The molecule has 1 aliphatic heterocycles. The first-order valence-corrected chi connectivity index (χ1v) is 4.69. The molecule has 1 amide bonds. The number of hydrogen-bond donors (Lipinski definition) is 1. The lowest BCUT2D eigenvalue weighted by Gasteiger charge is -2.23. The monoisotopic (exact) mass is 187 g/mol. The first kappa shape index (κ1) is 10.5. The second-order valence-electron chi connectivity index (χ2n) is 3.50. The van der Waals surface area contributed by atoms with Gasteiger partial charge in [0.2, 0.25) is 0 Å². The number of carbonyl (C=O) groups excluding carboxylic acids is 1. The minimum atomic E-state index is -0.898. The molecule has 4 nitrogen and oxygen atoms in total. The largest absolute Gasteiger partial charge is 0.384 e. The Morgan fingerprint density at radius 2 is 2.38 bits per heavy atom. The fraction of sp³-hybridized carbons (Fsp3) is 0.889. The highest BCUT2D eigenvalue weighted by atomic mass is 16.5. The van der Waals surface area contributed by atoms with Crippen molar-refractivity contribution in [3.63, 3.8) is 0 Å². The fourth-order valence-electron chi connectivity index (χ4n) is 1.46. The molecule has 0 aromatic rings. The molecule has 1 unspecified atom stereocenters. The lowest BCUT2D eigenvalue weighted by atomic mass is 10.3. The van der Waals surface area contributed by atoms with Gasteiger partial charge in [-0.25, -0.2) is 0 Å². The maximum absolute atomic E-state index is 11.4. The third kappa shape index (κ3) is 2.97. The van der Waals surface area contributed by atoms with Crippen LogP contribution in [0.4, 0.5) is 0 Å². The lowest BCUT2D eigenvalue weighted by molar-refractivity contribution is -0.139. The highest BCUT2D eigenvalue weighted by Crippen LogP contribution is 2.06. The molecule has 0 saturated carbocycles. The van der Waals surface area contributed by atoms with E-state index in [2.05, 4.69) is 0 Å². The average molecular weight is 187 g/mol. The normalized spacial score (nSPS) is 26.7. The van der Waals surface area contributed by atoms with Gasteiger partial charge in [0.15, 0.2) is 0 Å². The summed E-state index contributed by atoms with van der Waals surface area (Å²) < 4.78 is 5.39. The summed E-state index contributed by atoms with van der Waals surface area (Å²) in [5, 5.41) is 9.12. The first-order valence-electron chi connectivity index (χ1n) is 4.69. The molecule has 1 saturated heterocycles. The molecule has 0 radical (unpaired) electrons. The van der Waals surface area contributed by atoms with Crippen LogP contribution in [0.3, 0.4) is 0 Å². The summed E-state index contributed by atoms with van der Waals surface area (Å²) >= 11 is 0. The molecule has 0 aromatic heterocycles. The van der Waals surface area contributed by atoms with Crippen LogP contribution in [-0.2, 0) is 9.53 Å². The average Bonchev–Trinajstić information content (AvgIpc) is 2.28. The molecule has 0 bridgehead atoms. The van der Waals surface area contributed by atoms with Gasteiger partial charge in [0, 0.05) is 19.7 Å². The van der Waals surface area contributed by atoms with Crippen LogP contribution in [-0.4, -0.2) is 47.8 Å². The van der Waals surface area contributed by atoms with E-state index in [1.165, 1.54) is 6.92 Å². The summed E-state index contributed by atoms with van der Waals surface area (Å²) in [6.07, 6.45) is 0.0264. The van der Waals surface area contributed by atoms with Crippen molar-refractivity contribution in [3.8, 4) is 0 Å². The third-order valence-electron chi connectivity index (χ3n) is 2.12. The maximum Gasteiger partial charge on any atom is 0.251 e. The van der Waals surface area contributed by atoms with Gasteiger partial charge in [0.05, 0.1) is 6.10 Å². The number of hydrogen-bond acceptors (Lipinski definition) is 3. The molecule has 13 heavy (non-hydrogen) atoms. The summed E-state index contributed by atoms with van der Waals surface area (Å²) in [6.45, 7) is 5.41. The highest BCUT2D eigenvalue weighted by Gasteiger charge is 2.22. The van der Waals surface area contributed by atoms with Gasteiger partial charge in [-0.15, -0.1) is 0 Å². The Kier molecular flexibility index (Phi) is 3.69. The van der Waals surface area contributed by atoms with Crippen LogP contribution < -0.4 is 0 Å². The smallest absolute Gasteiger partial charge is 0.251 e. The molecule has 0 spiro atoms. The van der Waals surface area contributed by atoms with Crippen LogP contribution in [0.2, 0.25) is 0 Å². The molecule has 0 aromatic carbocycles. The van der Waals surface area contributed by atoms with Gasteiger partial charge in [0.25, 0.3) is 5.91 Å². The fourth-order valence-corrected chi connectivity index (χ4v) is 1.46. The van der Waals surface area contributed by atoms with E-state index in [-0.39, 0.29) is 12.0 Å². The summed E-state index contributed by atoms with van der Waals surface area (Å²) in [5.74, 6) is -0.197. The van der Waals surface area contributed by atoms with Gasteiger partial charge >= 0.3 is 0 Å². The van der Waals surface area contributed by atoms with Crippen molar-refractivity contribution in [2.45, 2.75) is 32.5 Å². The Hall–Kier alpha value is -0.610. The van der Waals surface area contributed by atoms with E-state index in [0.717, 1.165) is 6.42 Å². The zero-order valence-electron chi connectivity index (χ0n) is 8.19. The Morgan fingerprint density at radius 3 is 3.00 bits per heavy atom. The molecule has 0 aliphatic carbocycles. The minimum absolute atomic E-state index is 0.0743. The Morgan fingerprint density at radius 1 is 1.69 bits per heavy atom. The molecule has 2 atom stereocenters. The summed E-state index contributed by atoms with van der Waals surface area (Å²) in [6, 6.07) is 0. The first-order chi connectivity index (χ1) is 6.11. The van der Waals surface area contributed by atoms with Crippen LogP contribution in [0.1, 0.15) is 20.3 Å². The zero-order valence-corrected chi connectivity index (χ0v) is 8.19. The predicted octanol–water partition coefficient (Wildman–Crippen LogP) is 0.00460. The van der Waals surface area contributed by atoms with Crippen molar-refractivity contribution in [1.82, 2.24) is 4.90 Å². The molecule has 76 valence electrons. The van der Waals surface area contributed by atoms with Crippen LogP contribution in [0.25, 0.3) is 0 Å².